The predicted molar refractivity (Wildman–Crippen MR) is 135 cm³/mol. The third kappa shape index (κ3) is 5.55. The molecule has 0 saturated carbocycles. The van der Waals surface area contributed by atoms with Crippen LogP contribution in [-0.2, 0) is 30.5 Å². The van der Waals surface area contributed by atoms with Gasteiger partial charge in [0.05, 0.1) is 16.3 Å². The van der Waals surface area contributed by atoms with E-state index in [1.54, 1.807) is 0 Å². The van der Waals surface area contributed by atoms with Crippen LogP contribution < -0.4 is 0 Å². The molecule has 1 aromatic carbocycles. The molecule has 2 atom stereocenters. The summed E-state index contributed by atoms with van der Waals surface area (Å²) in [5.41, 5.74) is 0.0847. The monoisotopic (exact) mass is 586 g/mol. The molecule has 3 aromatic rings. The van der Waals surface area contributed by atoms with Crippen molar-refractivity contribution in [3.8, 4) is 5.69 Å². The second kappa shape index (κ2) is 11.5. The maximum atomic E-state index is 15.2. The molecule has 4 heterocycles. The zero-order chi connectivity index (χ0) is 29.3. The molecule has 15 heteroatoms. The minimum atomic E-state index is -0.992. The fourth-order valence-electron chi connectivity index (χ4n) is 4.95. The minimum absolute atomic E-state index is 0.0712. The van der Waals surface area contributed by atoms with E-state index >= 15 is 4.39 Å². The number of benzene rings is 1. The van der Waals surface area contributed by atoms with Gasteiger partial charge in [-0.05, 0) is 53.5 Å². The van der Waals surface area contributed by atoms with Gasteiger partial charge in [-0.2, -0.15) is 4.68 Å². The molecule has 1 amide bonds. The van der Waals surface area contributed by atoms with Gasteiger partial charge < -0.3 is 14.4 Å². The molecule has 212 valence electrons. The Morgan fingerprint density at radius 2 is 1.93 bits per heavy atom. The van der Waals surface area contributed by atoms with Crippen molar-refractivity contribution in [3.63, 3.8) is 0 Å². The maximum absolute atomic E-state index is 15.2. The smallest absolute Gasteiger partial charge is 0.329 e. The van der Waals surface area contributed by atoms with Gasteiger partial charge in [0.1, 0.15) is 24.7 Å². The molecule has 5 rings (SSSR count). The van der Waals surface area contributed by atoms with Crippen molar-refractivity contribution in [1.82, 2.24) is 30.1 Å². The Kier molecular flexibility index (Phi) is 7.83. The van der Waals surface area contributed by atoms with Crippen molar-refractivity contribution >= 4 is 40.8 Å². The van der Waals surface area contributed by atoms with Crippen molar-refractivity contribution in [2.45, 2.75) is 44.9 Å². The molecular weight excluding hydrogens is 566 g/mol. The topological polar surface area (TPSA) is 146 Å². The highest BCUT2D eigenvalue weighted by Gasteiger charge is 2.44. The van der Waals surface area contributed by atoms with Gasteiger partial charge >= 0.3 is 11.9 Å². The number of Topliss-reactive ketones (excluding diaryl/α,β-unsaturated/α-hetero) is 1. The lowest BCUT2D eigenvalue weighted by molar-refractivity contribution is -0.152. The molecule has 0 N–H and O–H groups in total. The van der Waals surface area contributed by atoms with Crippen molar-refractivity contribution in [1.29, 1.82) is 0 Å². The van der Waals surface area contributed by atoms with E-state index in [4.69, 9.17) is 21.1 Å². The number of nitrogens with zero attached hydrogens (tertiary/aromatic N) is 6. The number of pyridine rings is 1. The summed E-state index contributed by atoms with van der Waals surface area (Å²) in [7, 11) is 0. The number of ether oxygens (including phenoxy) is 2. The van der Waals surface area contributed by atoms with Crippen LogP contribution in [-0.4, -0.2) is 72.4 Å². The van der Waals surface area contributed by atoms with E-state index in [9.17, 15) is 23.6 Å². The fraction of sp³-hybridized carbons (Fsp3) is 0.308. The first-order valence-electron chi connectivity index (χ1n) is 12.4. The van der Waals surface area contributed by atoms with E-state index < -0.39 is 60.6 Å². The lowest BCUT2D eigenvalue weighted by atomic mass is 9.92. The molecular formula is C26H21ClF2N6O6. The first-order chi connectivity index (χ1) is 19.7. The molecule has 1 unspecified atom stereocenters. The highest BCUT2D eigenvalue weighted by molar-refractivity contribution is 6.31. The van der Waals surface area contributed by atoms with Gasteiger partial charge in [-0.3, -0.25) is 19.4 Å². The van der Waals surface area contributed by atoms with E-state index in [1.807, 2.05) is 0 Å². The highest BCUT2D eigenvalue weighted by atomic mass is 35.5. The summed E-state index contributed by atoms with van der Waals surface area (Å²) in [5.74, 6) is -4.58. The molecule has 41 heavy (non-hydrogen) atoms. The molecule has 0 radical (unpaired) electrons. The first-order valence-corrected chi connectivity index (χ1v) is 12.7. The Morgan fingerprint density at radius 3 is 2.66 bits per heavy atom. The van der Waals surface area contributed by atoms with E-state index in [1.165, 1.54) is 40.3 Å². The summed E-state index contributed by atoms with van der Waals surface area (Å²) in [6.45, 7) is -0.0956. The third-order valence-electron chi connectivity index (χ3n) is 6.79. The minimum Gasteiger partial charge on any atom is -0.459 e. The molecule has 2 aliphatic rings. The lowest BCUT2D eigenvalue weighted by Gasteiger charge is -2.33. The number of carbonyl (C=O) groups is 4. The summed E-state index contributed by atoms with van der Waals surface area (Å²) < 4.78 is 41.1. The first kappa shape index (κ1) is 28.0. The molecule has 0 spiro atoms. The van der Waals surface area contributed by atoms with Crippen LogP contribution in [0.5, 0.6) is 0 Å². The Hall–Kier alpha value is -4.59. The Bertz CT molecular complexity index is 1580. The van der Waals surface area contributed by atoms with Crippen LogP contribution in [0.15, 0.2) is 36.8 Å². The van der Waals surface area contributed by atoms with Crippen LogP contribution in [0.25, 0.3) is 11.3 Å². The molecule has 12 nitrogen and oxygen atoms in total. The Balaban J connectivity index is 1.30. The SMILES string of the molecule is CC(=O)OCc1nccc(C(=O)COC(=O)[C@@H]2CCC3CC(c4c(-n5cnnn5)ccc(Cl)c4F)=CC(=O)N32)c1F. The van der Waals surface area contributed by atoms with Crippen LogP contribution in [0.4, 0.5) is 8.78 Å². The van der Waals surface area contributed by atoms with Gasteiger partial charge in [0, 0.05) is 30.8 Å². The standard InChI is InChI=1S/C26H21ClF2N6O6/c1-13(36)40-10-18-24(28)16(6-7-30-18)21(37)11-41-26(39)20-4-2-15-8-14(9-22(38)35(15)20)23-19(34-12-31-32-33-34)5-3-17(27)25(23)29/h3,5-7,9,12,15,20H,2,4,8,10-11H2,1H3/t15?,20-/m0/s1. The number of amides is 1. The molecule has 1 fully saturated rings. The van der Waals surface area contributed by atoms with Gasteiger partial charge in [-0.25, -0.2) is 13.6 Å². The van der Waals surface area contributed by atoms with Crippen molar-refractivity contribution in [2.75, 3.05) is 6.61 Å². The Morgan fingerprint density at radius 1 is 1.12 bits per heavy atom. The maximum Gasteiger partial charge on any atom is 0.329 e. The van der Waals surface area contributed by atoms with Crippen LogP contribution in [0, 0.1) is 11.6 Å². The molecule has 2 aliphatic heterocycles. The number of hydrogen-bond donors (Lipinski definition) is 0. The molecule has 0 bridgehead atoms. The average molecular weight is 587 g/mol. The summed E-state index contributed by atoms with van der Waals surface area (Å²) in [5, 5.41) is 10.8. The number of rotatable bonds is 8. The van der Waals surface area contributed by atoms with Crippen LogP contribution in [0.2, 0.25) is 5.02 Å². The van der Waals surface area contributed by atoms with E-state index in [-0.39, 0.29) is 40.4 Å². The largest absolute Gasteiger partial charge is 0.459 e. The zero-order valence-corrected chi connectivity index (χ0v) is 22.2. The summed E-state index contributed by atoms with van der Waals surface area (Å²) >= 11 is 6.04. The summed E-state index contributed by atoms with van der Waals surface area (Å²) in [6, 6.07) is 2.58. The summed E-state index contributed by atoms with van der Waals surface area (Å²) in [6.07, 6.45) is 4.56. The van der Waals surface area contributed by atoms with E-state index in [0.29, 0.717) is 12.0 Å². The number of carbonyl (C=O) groups excluding carboxylic acids is 4. The Labute approximate surface area is 235 Å². The van der Waals surface area contributed by atoms with Gasteiger partial charge in [-0.1, -0.05) is 11.6 Å². The van der Waals surface area contributed by atoms with Gasteiger partial charge in [0.2, 0.25) is 11.7 Å². The number of tetrazole rings is 1. The lowest BCUT2D eigenvalue weighted by Crippen LogP contribution is -2.47. The molecule has 0 aliphatic carbocycles. The number of hydrogen-bond acceptors (Lipinski definition) is 10. The number of halogens is 3. The molecule has 2 aromatic heterocycles. The van der Waals surface area contributed by atoms with Gasteiger partial charge in [-0.15, -0.1) is 5.10 Å². The zero-order valence-electron chi connectivity index (χ0n) is 21.4. The fourth-order valence-corrected chi connectivity index (χ4v) is 5.11. The second-order valence-electron chi connectivity index (χ2n) is 9.31. The summed E-state index contributed by atoms with van der Waals surface area (Å²) in [4.78, 5) is 54.8. The number of fused-ring (bicyclic) bond motifs is 1. The number of esters is 2. The normalized spacial score (nSPS) is 18.1. The van der Waals surface area contributed by atoms with Crippen molar-refractivity contribution in [3.05, 3.63) is 70.3 Å². The van der Waals surface area contributed by atoms with Gasteiger partial charge in [0.15, 0.2) is 18.2 Å². The van der Waals surface area contributed by atoms with Crippen LogP contribution in [0.3, 0.4) is 0 Å². The van der Waals surface area contributed by atoms with E-state index in [0.717, 1.165) is 13.0 Å². The predicted octanol–water partition coefficient (Wildman–Crippen LogP) is 2.62. The highest BCUT2D eigenvalue weighted by Crippen LogP contribution is 2.40. The number of aromatic nitrogens is 5. The average Bonchev–Trinajstić information content (AvgIpc) is 3.63. The van der Waals surface area contributed by atoms with Crippen molar-refractivity contribution < 1.29 is 37.4 Å². The van der Waals surface area contributed by atoms with Crippen molar-refractivity contribution in [2.24, 2.45) is 0 Å². The second-order valence-corrected chi connectivity index (χ2v) is 9.71. The molecule has 1 saturated heterocycles. The van der Waals surface area contributed by atoms with Gasteiger partial charge in [0.25, 0.3) is 0 Å². The van der Waals surface area contributed by atoms with Crippen LogP contribution in [0.1, 0.15) is 47.8 Å². The van der Waals surface area contributed by atoms with E-state index in [2.05, 4.69) is 20.5 Å². The third-order valence-corrected chi connectivity index (χ3v) is 7.08. The van der Waals surface area contributed by atoms with Crippen LogP contribution >= 0.6 is 11.6 Å². The number of ketones is 1. The quantitative estimate of drug-likeness (QED) is 0.285.